The van der Waals surface area contributed by atoms with Crippen molar-refractivity contribution in [3.05, 3.63) is 36.4 Å². The van der Waals surface area contributed by atoms with Gasteiger partial charge in [0, 0.05) is 13.3 Å². The van der Waals surface area contributed by atoms with Crippen molar-refractivity contribution in [2.24, 2.45) is 5.10 Å². The lowest BCUT2D eigenvalue weighted by Gasteiger charge is -2.23. The summed E-state index contributed by atoms with van der Waals surface area (Å²) in [4.78, 5) is 1.51. The molecule has 0 aromatic heterocycles. The molecule has 0 radical (unpaired) electrons. The first kappa shape index (κ1) is 18.1. The molecule has 0 spiro atoms. The molecule has 0 saturated carbocycles. The van der Waals surface area contributed by atoms with E-state index in [1.165, 1.54) is 4.92 Å². The van der Waals surface area contributed by atoms with Crippen molar-refractivity contribution in [1.29, 1.82) is 0 Å². The number of hydrogen-bond donors (Lipinski definition) is 1. The van der Waals surface area contributed by atoms with Crippen LogP contribution in [0.2, 0.25) is 0 Å². The minimum atomic E-state index is -0.637. The van der Waals surface area contributed by atoms with E-state index in [2.05, 4.69) is 18.3 Å². The monoisotopic (exact) mass is 236 g/mol. The molecule has 3 nitrogen and oxygen atoms in total. The van der Waals surface area contributed by atoms with Crippen molar-refractivity contribution in [2.45, 2.75) is 34.1 Å². The summed E-state index contributed by atoms with van der Waals surface area (Å²) >= 11 is 0. The van der Waals surface area contributed by atoms with Crippen LogP contribution in [0.4, 0.5) is 0 Å². The Balaban J connectivity index is 0. The molecule has 0 aromatic carbocycles. The molecule has 4 heteroatoms. The Bertz CT molecular complexity index is 285. The van der Waals surface area contributed by atoms with Crippen LogP contribution in [0.15, 0.2) is 41.5 Å². The average Bonchev–Trinajstić information content (AvgIpc) is 2.36. The third-order valence-electron chi connectivity index (χ3n) is 2.00. The fourth-order valence-corrected chi connectivity index (χ4v) is 1.20. The van der Waals surface area contributed by atoms with E-state index in [1.807, 2.05) is 27.7 Å². The van der Waals surface area contributed by atoms with E-state index in [-0.39, 0.29) is 0 Å². The van der Waals surface area contributed by atoms with Gasteiger partial charge in [0.05, 0.1) is 0 Å². The largest absolute Gasteiger partial charge is 0.466 e. The minimum Gasteiger partial charge on any atom is -0.428 e. The number of rotatable bonds is 2. The molecule has 1 N–H and O–H groups in total. The molecular weight excluding hydrogens is 211 g/mol. The van der Waals surface area contributed by atoms with Gasteiger partial charge in [-0.05, 0) is 24.4 Å². The van der Waals surface area contributed by atoms with Crippen molar-refractivity contribution in [3.63, 3.8) is 0 Å². The maximum absolute atomic E-state index is 9.62. The number of hydrazone groups is 1. The predicted molar refractivity (Wildman–Crippen MR) is 79.0 cm³/mol. The van der Waals surface area contributed by atoms with E-state index in [1.54, 1.807) is 25.4 Å². The van der Waals surface area contributed by atoms with Crippen LogP contribution >= 0.6 is 0 Å². The summed E-state index contributed by atoms with van der Waals surface area (Å²) in [7, 11) is 1.10. The first-order valence-corrected chi connectivity index (χ1v) is 5.99. The quantitative estimate of drug-likeness (QED) is 0.590. The molecule has 1 rings (SSSR count). The lowest BCUT2D eigenvalue weighted by Crippen LogP contribution is -2.37. The molecule has 1 aliphatic heterocycles. The smallest absolute Gasteiger partial charge is 0.428 e. The predicted octanol–water partition coefficient (Wildman–Crippen LogP) is 3.05. The first-order valence-electron chi connectivity index (χ1n) is 5.99. The van der Waals surface area contributed by atoms with Gasteiger partial charge in [-0.25, -0.2) is 0 Å². The second-order valence-electron chi connectivity index (χ2n) is 3.14. The molecule has 1 aliphatic rings. The Hall–Kier alpha value is -1.29. The molecule has 0 atom stereocenters. The second kappa shape index (κ2) is 11.2. The fraction of sp³-hybridized carbons (Fsp3) is 0.462. The van der Waals surface area contributed by atoms with Crippen molar-refractivity contribution in [1.82, 2.24) is 4.92 Å². The van der Waals surface area contributed by atoms with Crippen LogP contribution in [0.5, 0.6) is 0 Å². The van der Waals surface area contributed by atoms with Crippen LogP contribution in [-0.2, 0) is 0 Å². The maximum atomic E-state index is 9.62. The number of allylic oxidation sites excluding steroid dienone is 4. The standard InChI is InChI=1S/C8H13BN2O.C3H6.C2H6/c1-4-7-6-10-11(3)9(12)8(7)5-2;1-3-2;1-2/h5-6,12H,2,4H2,1,3H3;3H,1H2,2H3;1-2H3. The third-order valence-corrected chi connectivity index (χ3v) is 2.00. The van der Waals surface area contributed by atoms with Crippen molar-refractivity contribution < 1.29 is 5.02 Å². The van der Waals surface area contributed by atoms with E-state index in [9.17, 15) is 5.02 Å². The first-order chi connectivity index (χ1) is 8.12. The molecule has 0 unspecified atom stereocenters. The molecule has 1 heterocycles. The highest BCUT2D eigenvalue weighted by atomic mass is 16.2. The zero-order valence-electron chi connectivity index (χ0n) is 11.8. The highest BCUT2D eigenvalue weighted by Crippen LogP contribution is 2.16. The molecular formula is C13H25BN2O. The van der Waals surface area contributed by atoms with Gasteiger partial charge in [0.25, 0.3) is 0 Å². The lowest BCUT2D eigenvalue weighted by molar-refractivity contribution is 0.437. The lowest BCUT2D eigenvalue weighted by atomic mass is 9.69. The summed E-state index contributed by atoms with van der Waals surface area (Å²) in [5.74, 6) is 0. The normalized spacial score (nSPS) is 13.3. The van der Waals surface area contributed by atoms with Crippen LogP contribution in [0, 0.1) is 0 Å². The molecule has 0 aliphatic carbocycles. The van der Waals surface area contributed by atoms with Crippen molar-refractivity contribution >= 4 is 13.3 Å². The molecule has 0 aromatic rings. The van der Waals surface area contributed by atoms with Crippen LogP contribution in [0.1, 0.15) is 34.1 Å². The molecule has 0 amide bonds. The zero-order chi connectivity index (χ0) is 13.8. The van der Waals surface area contributed by atoms with Gasteiger partial charge in [0.1, 0.15) is 0 Å². The van der Waals surface area contributed by atoms with E-state index in [0.29, 0.717) is 0 Å². The Morgan fingerprint density at radius 1 is 1.47 bits per heavy atom. The highest BCUT2D eigenvalue weighted by Gasteiger charge is 2.25. The maximum Gasteiger partial charge on any atom is 0.466 e. The van der Waals surface area contributed by atoms with Crippen LogP contribution in [0.25, 0.3) is 0 Å². The van der Waals surface area contributed by atoms with Gasteiger partial charge in [-0.1, -0.05) is 39.5 Å². The SMILES string of the molecule is C=CC.C=CC1=C(CC)C=NN(C)B1O.CC. The average molecular weight is 236 g/mol. The summed E-state index contributed by atoms with van der Waals surface area (Å²) in [6, 6.07) is 0. The van der Waals surface area contributed by atoms with Crippen LogP contribution in [0.3, 0.4) is 0 Å². The molecule has 0 fully saturated rings. The van der Waals surface area contributed by atoms with E-state index >= 15 is 0 Å². The van der Waals surface area contributed by atoms with Gasteiger partial charge in [0.2, 0.25) is 0 Å². The van der Waals surface area contributed by atoms with Crippen LogP contribution in [-0.4, -0.2) is 30.3 Å². The fourth-order valence-electron chi connectivity index (χ4n) is 1.20. The van der Waals surface area contributed by atoms with Gasteiger partial charge in [-0.15, -0.1) is 6.58 Å². The van der Waals surface area contributed by atoms with Crippen LogP contribution < -0.4 is 0 Å². The molecule has 17 heavy (non-hydrogen) atoms. The summed E-state index contributed by atoms with van der Waals surface area (Å²) in [5, 5.41) is 13.6. The summed E-state index contributed by atoms with van der Waals surface area (Å²) in [6.07, 6.45) is 6.07. The van der Waals surface area contributed by atoms with Gasteiger partial charge in [-0.3, -0.25) is 0 Å². The zero-order valence-corrected chi connectivity index (χ0v) is 11.8. The highest BCUT2D eigenvalue weighted by molar-refractivity contribution is 6.58. The van der Waals surface area contributed by atoms with Gasteiger partial charge >= 0.3 is 7.05 Å². The summed E-state index contributed by atoms with van der Waals surface area (Å²) in [6.45, 7) is 14.9. The van der Waals surface area contributed by atoms with Gasteiger partial charge < -0.3 is 9.94 Å². The van der Waals surface area contributed by atoms with Gasteiger partial charge in [-0.2, -0.15) is 5.10 Å². The van der Waals surface area contributed by atoms with E-state index in [4.69, 9.17) is 0 Å². The van der Waals surface area contributed by atoms with Crippen molar-refractivity contribution in [3.8, 4) is 0 Å². The Morgan fingerprint density at radius 3 is 2.29 bits per heavy atom. The molecule has 96 valence electrons. The Morgan fingerprint density at radius 2 is 1.94 bits per heavy atom. The Kier molecular flexibility index (Phi) is 11.9. The summed E-state index contributed by atoms with van der Waals surface area (Å²) in [5.41, 5.74) is 1.91. The van der Waals surface area contributed by atoms with Gasteiger partial charge in [0.15, 0.2) is 0 Å². The van der Waals surface area contributed by atoms with Crippen molar-refractivity contribution in [2.75, 3.05) is 7.05 Å². The number of nitrogens with zero attached hydrogens (tertiary/aromatic N) is 2. The Labute approximate surface area is 106 Å². The third kappa shape index (κ3) is 6.12. The van der Waals surface area contributed by atoms with E-state index in [0.717, 1.165) is 17.5 Å². The number of hydrogen-bond acceptors (Lipinski definition) is 3. The molecule has 0 bridgehead atoms. The summed E-state index contributed by atoms with van der Waals surface area (Å²) < 4.78 is 0. The molecule has 0 saturated heterocycles. The van der Waals surface area contributed by atoms with E-state index < -0.39 is 7.05 Å². The topological polar surface area (TPSA) is 35.8 Å². The second-order valence-corrected chi connectivity index (χ2v) is 3.14. The minimum absolute atomic E-state index is 0.637.